The van der Waals surface area contributed by atoms with E-state index in [1.54, 1.807) is 0 Å². The zero-order valence-corrected chi connectivity index (χ0v) is 11.4. The quantitative estimate of drug-likeness (QED) is 0.711. The third-order valence-electron chi connectivity index (χ3n) is 4.34. The van der Waals surface area contributed by atoms with Crippen LogP contribution in [0.4, 0.5) is 0 Å². The van der Waals surface area contributed by atoms with Crippen LogP contribution < -0.4 is 0 Å². The maximum Gasteiger partial charge on any atom is 0.0235 e. The van der Waals surface area contributed by atoms with Gasteiger partial charge >= 0.3 is 0 Å². The second kappa shape index (κ2) is 5.05. The summed E-state index contributed by atoms with van der Waals surface area (Å²) in [7, 11) is 0. The Morgan fingerprint density at radius 3 is 2.12 bits per heavy atom. The van der Waals surface area contributed by atoms with Crippen molar-refractivity contribution in [2.75, 3.05) is 26.2 Å². The standard InChI is InChI=1S/C14H28N2/c1-11(2)15-6-5-14(10-15)16-8-12(3)7-13(4)9-16/h11-14H,5-10H2,1-4H3. The molecule has 0 spiro atoms. The van der Waals surface area contributed by atoms with Crippen LogP contribution in [0.1, 0.15) is 40.5 Å². The lowest BCUT2D eigenvalue weighted by molar-refractivity contribution is 0.0953. The highest BCUT2D eigenvalue weighted by Gasteiger charge is 2.32. The topological polar surface area (TPSA) is 6.48 Å². The fourth-order valence-corrected chi connectivity index (χ4v) is 3.54. The van der Waals surface area contributed by atoms with Gasteiger partial charge < -0.3 is 0 Å². The van der Waals surface area contributed by atoms with E-state index in [1.165, 1.54) is 39.0 Å². The predicted octanol–water partition coefficient (Wildman–Crippen LogP) is 2.45. The summed E-state index contributed by atoms with van der Waals surface area (Å²) in [5.41, 5.74) is 0. The van der Waals surface area contributed by atoms with Crippen LogP contribution in [-0.4, -0.2) is 48.1 Å². The maximum atomic E-state index is 2.77. The SMILES string of the molecule is CC1CC(C)CN(C2CCN(C(C)C)C2)C1. The molecule has 3 atom stereocenters. The molecular weight excluding hydrogens is 196 g/mol. The molecule has 0 saturated carbocycles. The Kier molecular flexibility index (Phi) is 3.91. The van der Waals surface area contributed by atoms with Crippen molar-refractivity contribution in [1.29, 1.82) is 0 Å². The van der Waals surface area contributed by atoms with Gasteiger partial charge in [0, 0.05) is 38.3 Å². The van der Waals surface area contributed by atoms with Crippen molar-refractivity contribution in [2.24, 2.45) is 11.8 Å². The molecule has 2 nitrogen and oxygen atoms in total. The molecule has 2 aliphatic heterocycles. The highest BCUT2D eigenvalue weighted by Crippen LogP contribution is 2.26. The largest absolute Gasteiger partial charge is 0.299 e. The summed E-state index contributed by atoms with van der Waals surface area (Å²) < 4.78 is 0. The van der Waals surface area contributed by atoms with Gasteiger partial charge in [-0.25, -0.2) is 0 Å². The Morgan fingerprint density at radius 2 is 1.62 bits per heavy atom. The zero-order valence-electron chi connectivity index (χ0n) is 11.4. The maximum absolute atomic E-state index is 2.77. The number of nitrogens with zero attached hydrogens (tertiary/aromatic N) is 2. The smallest absolute Gasteiger partial charge is 0.0235 e. The molecule has 2 rings (SSSR count). The predicted molar refractivity (Wildman–Crippen MR) is 69.6 cm³/mol. The van der Waals surface area contributed by atoms with Gasteiger partial charge in [-0.1, -0.05) is 13.8 Å². The summed E-state index contributed by atoms with van der Waals surface area (Å²) in [5.74, 6) is 1.80. The van der Waals surface area contributed by atoms with Crippen LogP contribution >= 0.6 is 0 Å². The Bertz CT molecular complexity index is 217. The van der Waals surface area contributed by atoms with Crippen LogP contribution in [0.2, 0.25) is 0 Å². The van der Waals surface area contributed by atoms with Crippen LogP contribution in [0.25, 0.3) is 0 Å². The number of rotatable bonds is 2. The summed E-state index contributed by atoms with van der Waals surface area (Å²) in [6.45, 7) is 14.8. The van der Waals surface area contributed by atoms with Crippen molar-refractivity contribution in [1.82, 2.24) is 9.80 Å². The summed E-state index contributed by atoms with van der Waals surface area (Å²) in [6.07, 6.45) is 2.81. The van der Waals surface area contributed by atoms with Crippen molar-refractivity contribution in [3.63, 3.8) is 0 Å². The van der Waals surface area contributed by atoms with E-state index in [0.29, 0.717) is 0 Å². The molecule has 2 aliphatic rings. The molecular formula is C14H28N2. The second-order valence-corrected chi connectivity index (χ2v) is 6.43. The lowest BCUT2D eigenvalue weighted by Gasteiger charge is -2.39. The third kappa shape index (κ3) is 2.78. The minimum Gasteiger partial charge on any atom is -0.299 e. The molecule has 3 unspecified atom stereocenters. The van der Waals surface area contributed by atoms with Gasteiger partial charge in [0.15, 0.2) is 0 Å². The average molecular weight is 224 g/mol. The average Bonchev–Trinajstić information content (AvgIpc) is 2.64. The van der Waals surface area contributed by atoms with Crippen molar-refractivity contribution < 1.29 is 0 Å². The first-order valence-electron chi connectivity index (χ1n) is 7.04. The third-order valence-corrected chi connectivity index (χ3v) is 4.34. The summed E-state index contributed by atoms with van der Waals surface area (Å²) >= 11 is 0. The van der Waals surface area contributed by atoms with Crippen LogP contribution in [0.3, 0.4) is 0 Å². The van der Waals surface area contributed by atoms with Gasteiger partial charge in [-0.2, -0.15) is 0 Å². The van der Waals surface area contributed by atoms with E-state index in [0.717, 1.165) is 23.9 Å². The van der Waals surface area contributed by atoms with Crippen molar-refractivity contribution in [2.45, 2.75) is 52.6 Å². The van der Waals surface area contributed by atoms with E-state index in [9.17, 15) is 0 Å². The molecule has 0 amide bonds. The summed E-state index contributed by atoms with van der Waals surface area (Å²) in [4.78, 5) is 5.40. The molecule has 94 valence electrons. The van der Waals surface area contributed by atoms with Crippen molar-refractivity contribution >= 4 is 0 Å². The lowest BCUT2D eigenvalue weighted by Crippen LogP contribution is -2.46. The van der Waals surface area contributed by atoms with E-state index in [-0.39, 0.29) is 0 Å². The van der Waals surface area contributed by atoms with Crippen molar-refractivity contribution in [3.8, 4) is 0 Å². The van der Waals surface area contributed by atoms with Crippen LogP contribution in [0, 0.1) is 11.8 Å². The summed E-state index contributed by atoms with van der Waals surface area (Å²) in [5, 5.41) is 0. The van der Waals surface area contributed by atoms with Crippen LogP contribution in [-0.2, 0) is 0 Å². The van der Waals surface area contributed by atoms with Gasteiger partial charge in [-0.15, -0.1) is 0 Å². The van der Waals surface area contributed by atoms with Gasteiger partial charge in [0.2, 0.25) is 0 Å². The fraction of sp³-hybridized carbons (Fsp3) is 1.00. The minimum absolute atomic E-state index is 0.727. The number of piperidine rings is 1. The highest BCUT2D eigenvalue weighted by molar-refractivity contribution is 4.88. The highest BCUT2D eigenvalue weighted by atomic mass is 15.3. The molecule has 0 aromatic rings. The lowest BCUT2D eigenvalue weighted by atomic mass is 9.91. The Hall–Kier alpha value is -0.0800. The first-order chi connectivity index (χ1) is 7.56. The van der Waals surface area contributed by atoms with Crippen molar-refractivity contribution in [3.05, 3.63) is 0 Å². The Morgan fingerprint density at radius 1 is 1.00 bits per heavy atom. The Balaban J connectivity index is 1.88. The van der Waals surface area contributed by atoms with Gasteiger partial charge in [-0.3, -0.25) is 9.80 Å². The van der Waals surface area contributed by atoms with E-state index < -0.39 is 0 Å². The van der Waals surface area contributed by atoms with Crippen LogP contribution in [0.15, 0.2) is 0 Å². The van der Waals surface area contributed by atoms with E-state index in [1.807, 2.05) is 0 Å². The molecule has 0 aliphatic carbocycles. The van der Waals surface area contributed by atoms with E-state index in [4.69, 9.17) is 0 Å². The molecule has 2 heteroatoms. The molecule has 0 bridgehead atoms. The first-order valence-corrected chi connectivity index (χ1v) is 7.04. The number of hydrogen-bond acceptors (Lipinski definition) is 2. The van der Waals surface area contributed by atoms with Gasteiger partial charge in [-0.05, 0) is 38.5 Å². The first kappa shape index (κ1) is 12.4. The monoisotopic (exact) mass is 224 g/mol. The van der Waals surface area contributed by atoms with Gasteiger partial charge in [0.25, 0.3) is 0 Å². The van der Waals surface area contributed by atoms with Gasteiger partial charge in [0.05, 0.1) is 0 Å². The molecule has 2 fully saturated rings. The molecule has 0 radical (unpaired) electrons. The zero-order chi connectivity index (χ0) is 11.7. The Labute approximate surface area is 101 Å². The molecule has 2 heterocycles. The van der Waals surface area contributed by atoms with E-state index in [2.05, 4.69) is 37.5 Å². The van der Waals surface area contributed by atoms with Crippen LogP contribution in [0.5, 0.6) is 0 Å². The van der Waals surface area contributed by atoms with E-state index >= 15 is 0 Å². The summed E-state index contributed by atoms with van der Waals surface area (Å²) in [6, 6.07) is 1.57. The molecule has 0 aromatic heterocycles. The normalized spacial score (nSPS) is 38.4. The fourth-order valence-electron chi connectivity index (χ4n) is 3.54. The molecule has 0 N–H and O–H groups in total. The molecule has 2 saturated heterocycles. The second-order valence-electron chi connectivity index (χ2n) is 6.43. The number of hydrogen-bond donors (Lipinski definition) is 0. The molecule has 16 heavy (non-hydrogen) atoms. The molecule has 0 aromatic carbocycles. The minimum atomic E-state index is 0.727. The van der Waals surface area contributed by atoms with Gasteiger partial charge in [0.1, 0.15) is 0 Å². The number of likely N-dealkylation sites (tertiary alicyclic amines) is 2.